The van der Waals surface area contributed by atoms with Gasteiger partial charge < -0.3 is 31.5 Å². The predicted octanol–water partition coefficient (Wildman–Crippen LogP) is 2.79. The fraction of sp³-hybridized carbons (Fsp3) is 0.375. The van der Waals surface area contributed by atoms with Crippen LogP contribution in [0.25, 0.3) is 10.6 Å². The number of anilines is 3. The lowest BCUT2D eigenvalue weighted by molar-refractivity contribution is -0.0258. The molecule has 1 fully saturated rings. The van der Waals surface area contributed by atoms with Gasteiger partial charge in [0.2, 0.25) is 5.88 Å². The number of nitrogens with zero attached hydrogens (tertiary/aromatic N) is 3. The highest BCUT2D eigenvalue weighted by atomic mass is 32.1. The number of pyridine rings is 1. The highest BCUT2D eigenvalue weighted by molar-refractivity contribution is 7.19. The quantitative estimate of drug-likeness (QED) is 0.415. The minimum absolute atomic E-state index is 0.0221. The van der Waals surface area contributed by atoms with E-state index in [4.69, 9.17) is 16.2 Å². The fourth-order valence-corrected chi connectivity index (χ4v) is 5.50. The first kappa shape index (κ1) is 24.3. The van der Waals surface area contributed by atoms with Crippen molar-refractivity contribution in [2.45, 2.75) is 31.9 Å². The molecule has 36 heavy (non-hydrogen) atoms. The molecule has 5 rings (SSSR count). The Morgan fingerprint density at radius 3 is 2.75 bits per heavy atom. The molecule has 4 heterocycles. The third-order valence-corrected chi connectivity index (χ3v) is 7.87. The number of benzene rings is 1. The van der Waals surface area contributed by atoms with E-state index in [9.17, 15) is 18.7 Å². The van der Waals surface area contributed by atoms with Crippen molar-refractivity contribution in [2.75, 3.05) is 35.6 Å². The van der Waals surface area contributed by atoms with E-state index >= 15 is 0 Å². The monoisotopic (exact) mass is 516 g/mol. The highest BCUT2D eigenvalue weighted by Gasteiger charge is 2.42. The molecule has 3 unspecified atom stereocenters. The molecule has 2 aliphatic heterocycles. The molecule has 0 bridgehead atoms. The van der Waals surface area contributed by atoms with Crippen LogP contribution >= 0.6 is 11.3 Å². The number of amides is 1. The van der Waals surface area contributed by atoms with Gasteiger partial charge in [0.25, 0.3) is 5.91 Å². The maximum Gasteiger partial charge on any atom is 0.277 e. The van der Waals surface area contributed by atoms with E-state index in [1.807, 2.05) is 11.8 Å². The first-order chi connectivity index (χ1) is 17.1. The van der Waals surface area contributed by atoms with Crippen LogP contribution in [0.1, 0.15) is 29.9 Å². The molecule has 3 atom stereocenters. The molecule has 2 aliphatic rings. The summed E-state index contributed by atoms with van der Waals surface area (Å²) in [7, 11) is 0. The number of rotatable bonds is 4. The Kier molecular flexibility index (Phi) is 6.05. The van der Waals surface area contributed by atoms with Gasteiger partial charge in [-0.2, -0.15) is 0 Å². The van der Waals surface area contributed by atoms with Gasteiger partial charge in [-0.25, -0.2) is 18.7 Å². The second-order valence-corrected chi connectivity index (χ2v) is 10.4. The van der Waals surface area contributed by atoms with Gasteiger partial charge in [0, 0.05) is 31.0 Å². The molecule has 0 saturated carbocycles. The summed E-state index contributed by atoms with van der Waals surface area (Å²) in [4.78, 5) is 23.7. The van der Waals surface area contributed by atoms with Crippen molar-refractivity contribution in [3.8, 4) is 16.5 Å². The van der Waals surface area contributed by atoms with E-state index in [0.29, 0.717) is 43.4 Å². The van der Waals surface area contributed by atoms with E-state index in [1.54, 1.807) is 6.92 Å². The minimum Gasteiger partial charge on any atom is -0.477 e. The Morgan fingerprint density at radius 2 is 2.06 bits per heavy atom. The Morgan fingerprint density at radius 1 is 1.33 bits per heavy atom. The zero-order chi connectivity index (χ0) is 25.8. The van der Waals surface area contributed by atoms with Gasteiger partial charge in [-0.1, -0.05) is 24.3 Å². The average molecular weight is 517 g/mol. The summed E-state index contributed by atoms with van der Waals surface area (Å²) in [5, 5.41) is 13.6. The molecule has 9 nitrogen and oxygen atoms in total. The van der Waals surface area contributed by atoms with Crippen LogP contribution in [-0.2, 0) is 6.42 Å². The van der Waals surface area contributed by atoms with Crippen molar-refractivity contribution in [2.24, 2.45) is 11.7 Å². The number of carbonyl (C=O) groups is 1. The summed E-state index contributed by atoms with van der Waals surface area (Å²) in [6.07, 6.45) is 2.08. The van der Waals surface area contributed by atoms with E-state index in [-0.39, 0.29) is 27.2 Å². The molecule has 0 aliphatic carbocycles. The SMILES string of the molecule is CC1CN(c2c(NC(=O)c3nc(-c4c(F)cccc4F)sc3N)cnc3c2CCO3)CC(N)C1(C)O. The first-order valence-electron chi connectivity index (χ1n) is 11.5. The zero-order valence-electron chi connectivity index (χ0n) is 19.7. The van der Waals surface area contributed by atoms with Gasteiger partial charge in [0.15, 0.2) is 5.69 Å². The van der Waals surface area contributed by atoms with Crippen LogP contribution < -0.4 is 26.4 Å². The molecule has 1 amide bonds. The number of hydrogen-bond acceptors (Lipinski definition) is 9. The smallest absolute Gasteiger partial charge is 0.277 e. The Labute approximate surface area is 210 Å². The van der Waals surface area contributed by atoms with Crippen molar-refractivity contribution in [3.05, 3.63) is 47.3 Å². The molecular weight excluding hydrogens is 490 g/mol. The number of nitrogens with one attached hydrogen (secondary N) is 1. The Balaban J connectivity index is 1.49. The van der Waals surface area contributed by atoms with Crippen molar-refractivity contribution in [1.82, 2.24) is 9.97 Å². The molecular formula is C24H26F2N6O3S. The number of aromatic nitrogens is 2. The normalized spacial score (nSPS) is 23.3. The summed E-state index contributed by atoms with van der Waals surface area (Å²) >= 11 is 0.823. The number of halogens is 2. The van der Waals surface area contributed by atoms with E-state index < -0.39 is 29.2 Å². The van der Waals surface area contributed by atoms with Gasteiger partial charge in [0.05, 0.1) is 41.4 Å². The number of ether oxygens (including phenoxy) is 1. The predicted molar refractivity (Wildman–Crippen MR) is 133 cm³/mol. The molecule has 1 saturated heterocycles. The van der Waals surface area contributed by atoms with Gasteiger partial charge in [-0.3, -0.25) is 4.79 Å². The van der Waals surface area contributed by atoms with Crippen LogP contribution in [0.4, 0.5) is 25.2 Å². The number of hydrogen-bond donors (Lipinski definition) is 4. The molecule has 190 valence electrons. The lowest BCUT2D eigenvalue weighted by Crippen LogP contribution is -2.62. The van der Waals surface area contributed by atoms with Crippen LogP contribution in [0.3, 0.4) is 0 Å². The van der Waals surface area contributed by atoms with Crippen LogP contribution in [0.15, 0.2) is 24.4 Å². The van der Waals surface area contributed by atoms with Crippen LogP contribution in [0, 0.1) is 17.6 Å². The number of thiazole rings is 1. The van der Waals surface area contributed by atoms with E-state index in [1.165, 1.54) is 12.3 Å². The number of piperidine rings is 1. The summed E-state index contributed by atoms with van der Waals surface area (Å²) in [5.74, 6) is -1.91. The van der Waals surface area contributed by atoms with Crippen molar-refractivity contribution in [1.29, 1.82) is 0 Å². The van der Waals surface area contributed by atoms with Crippen LogP contribution in [0.5, 0.6) is 5.88 Å². The Hall–Kier alpha value is -3.35. The maximum atomic E-state index is 14.3. The maximum absolute atomic E-state index is 14.3. The molecule has 3 aromatic rings. The largest absolute Gasteiger partial charge is 0.477 e. The zero-order valence-corrected chi connectivity index (χ0v) is 20.5. The summed E-state index contributed by atoms with van der Waals surface area (Å²) in [5.41, 5.74) is 12.7. The first-order valence-corrected chi connectivity index (χ1v) is 12.3. The van der Waals surface area contributed by atoms with Crippen molar-refractivity contribution >= 4 is 33.6 Å². The van der Waals surface area contributed by atoms with Gasteiger partial charge in [0.1, 0.15) is 21.6 Å². The summed E-state index contributed by atoms with van der Waals surface area (Å²) in [6, 6.07) is 2.95. The van der Waals surface area contributed by atoms with E-state index in [2.05, 4.69) is 15.3 Å². The third-order valence-electron chi connectivity index (χ3n) is 6.97. The summed E-state index contributed by atoms with van der Waals surface area (Å²) < 4.78 is 34.2. The second-order valence-electron chi connectivity index (χ2n) is 9.32. The third kappa shape index (κ3) is 4.04. The van der Waals surface area contributed by atoms with Crippen LogP contribution in [0.2, 0.25) is 0 Å². The lowest BCUT2D eigenvalue weighted by Gasteiger charge is -2.47. The average Bonchev–Trinajstić information content (AvgIpc) is 3.44. The topological polar surface area (TPSA) is 140 Å². The molecule has 12 heteroatoms. The van der Waals surface area contributed by atoms with Gasteiger partial charge in [-0.05, 0) is 19.1 Å². The fourth-order valence-electron chi connectivity index (χ4n) is 4.62. The standard InChI is InChI=1S/C24H26F2N6O3S/c1-11-9-32(10-16(27)24(11,2)34)19-12-6-7-35-22(12)29-8-15(19)30-21(33)18-20(28)36-23(31-18)17-13(25)4-3-5-14(17)26/h3-5,8,11,16,34H,6-7,9-10,27-28H2,1-2H3,(H,30,33). The van der Waals surface area contributed by atoms with Crippen LogP contribution in [-0.4, -0.2) is 52.3 Å². The summed E-state index contributed by atoms with van der Waals surface area (Å²) in [6.45, 7) is 4.95. The second kappa shape index (κ2) is 8.95. The van der Waals surface area contributed by atoms with Crippen molar-refractivity contribution < 1.29 is 23.4 Å². The molecule has 0 spiro atoms. The molecule has 6 N–H and O–H groups in total. The van der Waals surface area contributed by atoms with E-state index in [0.717, 1.165) is 29.0 Å². The minimum atomic E-state index is -1.04. The number of aliphatic hydroxyl groups is 1. The van der Waals surface area contributed by atoms with Gasteiger partial charge >= 0.3 is 0 Å². The number of nitrogens with two attached hydrogens (primary N) is 2. The van der Waals surface area contributed by atoms with Gasteiger partial charge in [-0.15, -0.1) is 0 Å². The molecule has 2 aromatic heterocycles. The highest BCUT2D eigenvalue weighted by Crippen LogP contribution is 2.41. The number of fused-ring (bicyclic) bond motifs is 1. The molecule has 1 aromatic carbocycles. The molecule has 0 radical (unpaired) electrons. The Bertz CT molecular complexity index is 1310. The van der Waals surface area contributed by atoms with Crippen molar-refractivity contribution in [3.63, 3.8) is 0 Å². The lowest BCUT2D eigenvalue weighted by atomic mass is 9.80. The number of nitrogen functional groups attached to an aromatic ring is 1. The number of carbonyl (C=O) groups excluding carboxylic acids is 1.